The molecule has 24 heavy (non-hydrogen) atoms. The van der Waals surface area contributed by atoms with Gasteiger partial charge in [0.1, 0.15) is 6.61 Å². The Kier molecular flexibility index (Phi) is 4.25. The SMILES string of the molecule is O=C(c1ccncc1)N1CCCC(OCc2nc(C3CC3)no2)C1. The zero-order valence-electron chi connectivity index (χ0n) is 13.4. The normalized spacial score (nSPS) is 21.0. The minimum atomic E-state index is 0.000752. The van der Waals surface area contributed by atoms with Crippen LogP contribution in [-0.4, -0.2) is 45.1 Å². The van der Waals surface area contributed by atoms with Crippen LogP contribution in [0.5, 0.6) is 0 Å². The fourth-order valence-electron chi connectivity index (χ4n) is 2.96. The number of carbonyl (C=O) groups excluding carboxylic acids is 1. The van der Waals surface area contributed by atoms with Gasteiger partial charge in [0.05, 0.1) is 6.10 Å². The van der Waals surface area contributed by atoms with E-state index < -0.39 is 0 Å². The average molecular weight is 328 g/mol. The Labute approximate surface area is 140 Å². The molecule has 0 aromatic carbocycles. The number of carbonyl (C=O) groups is 1. The molecule has 0 bridgehead atoms. The van der Waals surface area contributed by atoms with Crippen LogP contribution in [0.1, 0.15) is 53.7 Å². The number of ether oxygens (including phenoxy) is 1. The molecule has 0 radical (unpaired) electrons. The molecule has 2 aromatic heterocycles. The summed E-state index contributed by atoms with van der Waals surface area (Å²) in [4.78, 5) is 22.7. The predicted octanol–water partition coefficient (Wildman–Crippen LogP) is 2.16. The Hall–Kier alpha value is -2.28. The standard InChI is InChI=1S/C17H20N4O3/c22-17(13-5-7-18-8-6-13)21-9-1-2-14(10-21)23-11-15-19-16(20-24-15)12-3-4-12/h5-8,12,14H,1-4,9-11H2. The number of hydrogen-bond acceptors (Lipinski definition) is 6. The van der Waals surface area contributed by atoms with E-state index in [0.717, 1.165) is 38.1 Å². The van der Waals surface area contributed by atoms with E-state index in [0.29, 0.717) is 30.5 Å². The summed E-state index contributed by atoms with van der Waals surface area (Å²) in [5.41, 5.74) is 0.664. The highest BCUT2D eigenvalue weighted by molar-refractivity contribution is 5.94. The summed E-state index contributed by atoms with van der Waals surface area (Å²) in [6.07, 6.45) is 7.43. The number of piperidine rings is 1. The van der Waals surface area contributed by atoms with E-state index >= 15 is 0 Å². The van der Waals surface area contributed by atoms with E-state index in [1.54, 1.807) is 24.5 Å². The van der Waals surface area contributed by atoms with Crippen LogP contribution < -0.4 is 0 Å². The van der Waals surface area contributed by atoms with Crippen molar-refractivity contribution in [1.29, 1.82) is 0 Å². The third kappa shape index (κ3) is 3.46. The molecule has 4 rings (SSSR count). The number of likely N-dealkylation sites (tertiary alicyclic amines) is 1. The predicted molar refractivity (Wildman–Crippen MR) is 84.2 cm³/mol. The molecule has 126 valence electrons. The molecule has 1 saturated heterocycles. The van der Waals surface area contributed by atoms with E-state index in [4.69, 9.17) is 9.26 Å². The van der Waals surface area contributed by atoms with Crippen LogP contribution in [-0.2, 0) is 11.3 Å². The number of rotatable bonds is 5. The lowest BCUT2D eigenvalue weighted by molar-refractivity contribution is -0.0153. The first kappa shape index (κ1) is 15.3. The molecule has 2 aliphatic rings. The van der Waals surface area contributed by atoms with E-state index in [1.165, 1.54) is 0 Å². The maximum atomic E-state index is 12.5. The minimum Gasteiger partial charge on any atom is -0.367 e. The molecular weight excluding hydrogens is 308 g/mol. The smallest absolute Gasteiger partial charge is 0.254 e. The number of hydrogen-bond donors (Lipinski definition) is 0. The summed E-state index contributed by atoms with van der Waals surface area (Å²) >= 11 is 0. The Morgan fingerprint density at radius 2 is 2.12 bits per heavy atom. The molecule has 3 heterocycles. The molecule has 1 amide bonds. The van der Waals surface area contributed by atoms with Gasteiger partial charge < -0.3 is 14.2 Å². The highest BCUT2D eigenvalue weighted by Gasteiger charge is 2.29. The van der Waals surface area contributed by atoms with Crippen LogP contribution in [0.3, 0.4) is 0 Å². The maximum absolute atomic E-state index is 12.5. The molecule has 1 aliphatic carbocycles. The van der Waals surface area contributed by atoms with Crippen molar-refractivity contribution in [2.24, 2.45) is 0 Å². The van der Waals surface area contributed by atoms with Gasteiger partial charge in [-0.3, -0.25) is 9.78 Å². The van der Waals surface area contributed by atoms with Gasteiger partial charge in [-0.25, -0.2) is 0 Å². The molecule has 2 aromatic rings. The van der Waals surface area contributed by atoms with Gasteiger partial charge >= 0.3 is 0 Å². The zero-order valence-corrected chi connectivity index (χ0v) is 13.4. The third-order valence-corrected chi connectivity index (χ3v) is 4.46. The second kappa shape index (κ2) is 6.68. The van der Waals surface area contributed by atoms with Crippen molar-refractivity contribution >= 4 is 5.91 Å². The van der Waals surface area contributed by atoms with Crippen LogP contribution in [0.15, 0.2) is 29.0 Å². The molecule has 7 heteroatoms. The second-order valence-electron chi connectivity index (χ2n) is 6.38. The first-order valence-electron chi connectivity index (χ1n) is 8.43. The summed E-state index contributed by atoms with van der Waals surface area (Å²) in [5.74, 6) is 1.83. The molecule has 1 saturated carbocycles. The van der Waals surface area contributed by atoms with E-state index in [2.05, 4.69) is 15.1 Å². The molecule has 7 nitrogen and oxygen atoms in total. The maximum Gasteiger partial charge on any atom is 0.254 e. The highest BCUT2D eigenvalue weighted by Crippen LogP contribution is 2.38. The lowest BCUT2D eigenvalue weighted by Gasteiger charge is -2.32. The van der Waals surface area contributed by atoms with Gasteiger partial charge in [-0.2, -0.15) is 4.98 Å². The summed E-state index contributed by atoms with van der Waals surface area (Å²) in [5, 5.41) is 3.99. The van der Waals surface area contributed by atoms with Gasteiger partial charge in [-0.1, -0.05) is 5.16 Å². The van der Waals surface area contributed by atoms with Crippen LogP contribution in [0.25, 0.3) is 0 Å². The van der Waals surface area contributed by atoms with E-state index in [9.17, 15) is 4.79 Å². The van der Waals surface area contributed by atoms with Crippen molar-refractivity contribution in [1.82, 2.24) is 20.0 Å². The van der Waals surface area contributed by atoms with Crippen molar-refractivity contribution in [3.8, 4) is 0 Å². The van der Waals surface area contributed by atoms with Crippen LogP contribution in [0.4, 0.5) is 0 Å². The van der Waals surface area contributed by atoms with Gasteiger partial charge in [-0.05, 0) is 37.8 Å². The third-order valence-electron chi connectivity index (χ3n) is 4.46. The Balaban J connectivity index is 1.32. The van der Waals surface area contributed by atoms with Gasteiger partial charge in [-0.15, -0.1) is 0 Å². The van der Waals surface area contributed by atoms with Crippen molar-refractivity contribution < 1.29 is 14.1 Å². The zero-order chi connectivity index (χ0) is 16.4. The Bertz CT molecular complexity index is 699. The lowest BCUT2D eigenvalue weighted by Crippen LogP contribution is -2.43. The van der Waals surface area contributed by atoms with Gasteiger partial charge in [0.15, 0.2) is 5.82 Å². The summed E-state index contributed by atoms with van der Waals surface area (Å²) in [6, 6.07) is 3.48. The second-order valence-corrected chi connectivity index (χ2v) is 6.38. The van der Waals surface area contributed by atoms with Crippen LogP contribution in [0.2, 0.25) is 0 Å². The average Bonchev–Trinajstić information content (AvgIpc) is 3.39. The highest BCUT2D eigenvalue weighted by atomic mass is 16.5. The molecular formula is C17H20N4O3. The monoisotopic (exact) mass is 328 g/mol. The molecule has 1 aliphatic heterocycles. The number of pyridine rings is 1. The Morgan fingerprint density at radius 1 is 1.29 bits per heavy atom. The van der Waals surface area contributed by atoms with Gasteiger partial charge in [0.2, 0.25) is 0 Å². The van der Waals surface area contributed by atoms with E-state index in [1.807, 2.05) is 4.90 Å². The van der Waals surface area contributed by atoms with Gasteiger partial charge in [0.25, 0.3) is 11.8 Å². The molecule has 1 unspecified atom stereocenters. The van der Waals surface area contributed by atoms with Gasteiger partial charge in [0, 0.05) is 37.0 Å². The number of nitrogens with zero attached hydrogens (tertiary/aromatic N) is 4. The summed E-state index contributed by atoms with van der Waals surface area (Å²) < 4.78 is 11.1. The fraction of sp³-hybridized carbons (Fsp3) is 0.529. The van der Waals surface area contributed by atoms with E-state index in [-0.39, 0.29) is 12.0 Å². The first-order chi connectivity index (χ1) is 11.8. The first-order valence-corrected chi connectivity index (χ1v) is 8.43. The van der Waals surface area contributed by atoms with Crippen LogP contribution >= 0.6 is 0 Å². The topological polar surface area (TPSA) is 81.4 Å². The van der Waals surface area contributed by atoms with Crippen molar-refractivity contribution in [3.63, 3.8) is 0 Å². The molecule has 0 spiro atoms. The summed E-state index contributed by atoms with van der Waals surface area (Å²) in [7, 11) is 0. The number of amides is 1. The molecule has 1 atom stereocenters. The Morgan fingerprint density at radius 3 is 2.92 bits per heavy atom. The van der Waals surface area contributed by atoms with Crippen LogP contribution in [0, 0.1) is 0 Å². The quantitative estimate of drug-likeness (QED) is 0.836. The van der Waals surface area contributed by atoms with Crippen molar-refractivity contribution in [2.75, 3.05) is 13.1 Å². The fourth-order valence-corrected chi connectivity index (χ4v) is 2.96. The molecule has 2 fully saturated rings. The van der Waals surface area contributed by atoms with Crippen molar-refractivity contribution in [2.45, 2.75) is 44.3 Å². The molecule has 0 N–H and O–H groups in total. The van der Waals surface area contributed by atoms with Crippen molar-refractivity contribution in [3.05, 3.63) is 41.8 Å². The largest absolute Gasteiger partial charge is 0.367 e. The lowest BCUT2D eigenvalue weighted by atomic mass is 10.1. The minimum absolute atomic E-state index is 0.000752. The summed E-state index contributed by atoms with van der Waals surface area (Å²) in [6.45, 7) is 1.65. The number of aromatic nitrogens is 3.